The number of nitrogens with two attached hydrogens (primary N) is 1. The normalized spacial score (nSPS) is 14.9. The van der Waals surface area contributed by atoms with Gasteiger partial charge in [-0.05, 0) is 37.6 Å². The molecule has 2 atom stereocenters. The van der Waals surface area contributed by atoms with Gasteiger partial charge in [0.25, 0.3) is 0 Å². The summed E-state index contributed by atoms with van der Waals surface area (Å²) in [5, 5.41) is 14.2. The summed E-state index contributed by atoms with van der Waals surface area (Å²) in [5.74, 6) is -1.53. The standard InChI is InChI=1S/C12H13NO3.C11H13NO3.C2H6.CH3N3.CH5N.CH4.Cl2OS.Na.H/c1-12(8-9-6-4-3-5-7-9)10(14)16-11(15)13(12)2;1-11(10(14)15,12-8-13)7-9-5-3-2-4-6-9;1-2;1-3-4-2;1-2;;1-4(2)3;;/h3-7H,8H2,1-2H3;2-6,8H,7H2,1H3,(H,12,13)(H,14,15);1-2H3;1H3;2H2,1H3;1H4;;;/q;;;;;;;+1;-1. The molecule has 0 spiro atoms. The van der Waals surface area contributed by atoms with Crippen LogP contribution in [0.25, 0.3) is 10.4 Å². The summed E-state index contributed by atoms with van der Waals surface area (Å²) >= 11 is 0. The molecule has 0 aromatic heterocycles. The third-order valence-corrected chi connectivity index (χ3v) is 5.36. The van der Waals surface area contributed by atoms with Gasteiger partial charge in [-0.2, -0.15) is 0 Å². The third-order valence-electron chi connectivity index (χ3n) is 5.36. The fraction of sp³-hybridized carbons (Fsp3) is 0.429. The van der Waals surface area contributed by atoms with Crippen molar-refractivity contribution in [1.82, 2.24) is 10.2 Å². The Balaban J connectivity index is -0.000000124. The summed E-state index contributed by atoms with van der Waals surface area (Å²) in [6, 6.07) is 18.7. The molecule has 0 radical (unpaired) electrons. The van der Waals surface area contributed by atoms with Crippen LogP contribution in [-0.2, 0) is 41.2 Å². The Bertz CT molecular complexity index is 1190. The maximum atomic E-state index is 11.6. The van der Waals surface area contributed by atoms with Gasteiger partial charge in [0.2, 0.25) is 15.6 Å². The third kappa shape index (κ3) is 21.7. The second-order valence-corrected chi connectivity index (χ2v) is 10.7. The van der Waals surface area contributed by atoms with Crippen molar-refractivity contribution in [3.63, 3.8) is 0 Å². The van der Waals surface area contributed by atoms with Crippen molar-refractivity contribution in [1.29, 1.82) is 0 Å². The van der Waals surface area contributed by atoms with E-state index in [1.54, 1.807) is 14.0 Å². The molecule has 0 saturated carbocycles. The minimum absolute atomic E-state index is 0. The molecule has 1 aliphatic heterocycles. The number of amides is 2. The SMILES string of the molecule is C.CC.CC(Cc1ccccc1)(NC=O)C(=O)O.CN.CN1C(=O)OC(=O)C1(C)Cc1ccccc1.CN=[N+]=[N-].O=S(Cl)Cl.[H-].[Na+]. The Kier molecular flexibility index (Phi) is 34.6. The number of carboxylic acid groups (broad SMARTS) is 1. The molecule has 250 valence electrons. The largest absolute Gasteiger partial charge is 1.00 e. The molecule has 4 N–H and O–H groups in total. The second-order valence-electron chi connectivity index (χ2n) is 8.19. The number of benzene rings is 2. The number of halogens is 2. The van der Waals surface area contributed by atoms with Crippen molar-refractivity contribution in [2.75, 3.05) is 21.1 Å². The topological polar surface area (TPSA) is 205 Å². The van der Waals surface area contributed by atoms with E-state index in [9.17, 15) is 19.2 Å². The van der Waals surface area contributed by atoms with Crippen molar-refractivity contribution >= 4 is 55.0 Å². The van der Waals surface area contributed by atoms with E-state index in [0.29, 0.717) is 12.8 Å². The summed E-state index contributed by atoms with van der Waals surface area (Å²) in [6.45, 7) is 7.20. The monoisotopic (exact) mass is 702 g/mol. The van der Waals surface area contributed by atoms with Crippen molar-refractivity contribution in [2.24, 2.45) is 10.8 Å². The van der Waals surface area contributed by atoms with E-state index >= 15 is 0 Å². The number of cyclic esters (lactones) is 2. The summed E-state index contributed by atoms with van der Waals surface area (Å²) in [6.07, 6.45) is 0.567. The Morgan fingerprint density at radius 1 is 1.16 bits per heavy atom. The molecule has 3 rings (SSSR count). The number of carbonyl (C=O) groups excluding carboxylic acids is 3. The van der Waals surface area contributed by atoms with Crippen LogP contribution in [0.15, 0.2) is 65.8 Å². The number of rotatable bonds is 7. The number of likely N-dealkylation sites (N-methyl/N-ethyl adjacent to an activating group) is 1. The van der Waals surface area contributed by atoms with E-state index < -0.39 is 38.3 Å². The van der Waals surface area contributed by atoms with Gasteiger partial charge in [0.1, 0.15) is 11.1 Å². The number of ether oxygens (including phenoxy) is 1. The minimum atomic E-state index is -1.67. The van der Waals surface area contributed by atoms with Gasteiger partial charge in [0, 0.05) is 53.2 Å². The van der Waals surface area contributed by atoms with E-state index in [-0.39, 0.29) is 44.8 Å². The number of azide groups is 1. The van der Waals surface area contributed by atoms with Crippen LogP contribution >= 0.6 is 21.4 Å². The first kappa shape index (κ1) is 51.9. The maximum absolute atomic E-state index is 11.6. The second kappa shape index (κ2) is 30.0. The van der Waals surface area contributed by atoms with Crippen LogP contribution in [0.5, 0.6) is 0 Å². The molecule has 2 amide bonds. The van der Waals surface area contributed by atoms with Crippen LogP contribution in [0.2, 0.25) is 0 Å². The van der Waals surface area contributed by atoms with Gasteiger partial charge in [-0.15, -0.1) is 0 Å². The number of hydrogen-bond donors (Lipinski definition) is 3. The summed E-state index contributed by atoms with van der Waals surface area (Å²) in [4.78, 5) is 48.0. The van der Waals surface area contributed by atoms with Gasteiger partial charge >= 0.3 is 47.6 Å². The molecule has 1 saturated heterocycles. The Labute approximate surface area is 301 Å². The number of nitrogens with zero attached hydrogens (tertiary/aromatic N) is 4. The maximum Gasteiger partial charge on any atom is 1.00 e. The van der Waals surface area contributed by atoms with E-state index in [0.717, 1.165) is 11.1 Å². The molecule has 1 heterocycles. The molecule has 1 fully saturated rings. The molecule has 1 aliphatic rings. The predicted molar refractivity (Wildman–Crippen MR) is 177 cm³/mol. The number of esters is 1. The van der Waals surface area contributed by atoms with Crippen LogP contribution in [0, 0.1) is 0 Å². The quantitative estimate of drug-likeness (QED) is 0.0570. The van der Waals surface area contributed by atoms with Gasteiger partial charge in [-0.3, -0.25) is 9.69 Å². The fourth-order valence-corrected chi connectivity index (χ4v) is 3.10. The minimum Gasteiger partial charge on any atom is -1.00 e. The first-order chi connectivity index (χ1) is 20.3. The van der Waals surface area contributed by atoms with Crippen molar-refractivity contribution in [2.45, 2.75) is 59.0 Å². The van der Waals surface area contributed by atoms with Gasteiger partial charge in [0.05, 0.1) is 0 Å². The summed E-state index contributed by atoms with van der Waals surface area (Å²) < 4.78 is 13.7. The van der Waals surface area contributed by atoms with Gasteiger partial charge in [-0.25, -0.2) is 18.6 Å². The van der Waals surface area contributed by atoms with Crippen LogP contribution in [-0.4, -0.2) is 70.9 Å². The molecule has 45 heavy (non-hydrogen) atoms. The number of hydrogen-bond acceptors (Lipinski definition) is 8. The molecular weight excluding hydrogens is 658 g/mol. The molecule has 2 aromatic carbocycles. The Morgan fingerprint density at radius 2 is 1.53 bits per heavy atom. The zero-order valence-electron chi connectivity index (χ0n) is 27.2. The number of nitrogens with one attached hydrogen (secondary N) is 1. The van der Waals surface area contributed by atoms with Gasteiger partial charge < -0.3 is 22.3 Å². The van der Waals surface area contributed by atoms with Crippen LogP contribution in [0.4, 0.5) is 4.79 Å². The average Bonchev–Trinajstić information content (AvgIpc) is 3.18. The Morgan fingerprint density at radius 3 is 1.82 bits per heavy atom. The Hall–Kier alpha value is -2.68. The van der Waals surface area contributed by atoms with E-state index in [4.69, 9.17) is 14.8 Å². The molecule has 2 aromatic rings. The fourth-order valence-electron chi connectivity index (χ4n) is 3.10. The molecule has 13 nitrogen and oxygen atoms in total. The predicted octanol–water partition coefficient (Wildman–Crippen LogP) is 2.74. The van der Waals surface area contributed by atoms with Crippen LogP contribution in [0.3, 0.4) is 0 Å². The molecule has 17 heteroatoms. The molecule has 0 bridgehead atoms. The number of carbonyl (C=O) groups is 4. The zero-order valence-corrected chi connectivity index (χ0v) is 30.5. The van der Waals surface area contributed by atoms with Gasteiger partial charge in [0.15, 0.2) is 0 Å². The van der Waals surface area contributed by atoms with E-state index in [1.165, 1.54) is 25.9 Å². The summed E-state index contributed by atoms with van der Waals surface area (Å²) in [7, 11) is 11.8. The van der Waals surface area contributed by atoms with Crippen molar-refractivity contribution in [3.05, 3.63) is 82.2 Å². The summed E-state index contributed by atoms with van der Waals surface area (Å²) in [5.41, 5.74) is 11.6. The number of carboxylic acids is 1. The molecule has 0 aliphatic carbocycles. The first-order valence-corrected chi connectivity index (χ1v) is 15.4. The first-order valence-electron chi connectivity index (χ1n) is 12.5. The zero-order chi connectivity index (χ0) is 34.1. The molecule has 2 unspecified atom stereocenters. The van der Waals surface area contributed by atoms with E-state index in [1.807, 2.05) is 74.5 Å². The van der Waals surface area contributed by atoms with E-state index in [2.05, 4.69) is 47.2 Å². The number of aliphatic carboxylic acids is 1. The van der Waals surface area contributed by atoms with Crippen molar-refractivity contribution in [3.8, 4) is 0 Å². The van der Waals surface area contributed by atoms with Crippen LogP contribution in [0.1, 0.15) is 47.7 Å². The van der Waals surface area contributed by atoms with Crippen LogP contribution < -0.4 is 40.6 Å². The molecular formula is C28H45Cl2N6NaO7S. The smallest absolute Gasteiger partial charge is 1.00 e. The average molecular weight is 704 g/mol. The van der Waals surface area contributed by atoms with Crippen molar-refractivity contribution < 1.29 is 64.2 Å². The van der Waals surface area contributed by atoms with Gasteiger partial charge in [-0.1, -0.05) is 87.1 Å².